The standard InChI is InChI=1S/C22H27Cl2N3O5S/c1-5-20(22(29)25-2)26(13-15-6-7-16(23)12-19(15)24)21(28)14-27(33(4,30)31)17-8-10-18(32-3)11-9-17/h6-12,20H,5,13-14H2,1-4H3,(H,25,29). The summed E-state index contributed by atoms with van der Waals surface area (Å²) in [6.45, 7) is 1.27. The van der Waals surface area contributed by atoms with E-state index in [0.717, 1.165) is 10.6 Å². The number of nitrogens with zero attached hydrogens (tertiary/aromatic N) is 2. The minimum absolute atomic E-state index is 0.000969. The molecule has 1 unspecified atom stereocenters. The number of ether oxygens (including phenoxy) is 1. The number of hydrogen-bond acceptors (Lipinski definition) is 5. The number of rotatable bonds is 10. The molecule has 8 nitrogen and oxygen atoms in total. The lowest BCUT2D eigenvalue weighted by Gasteiger charge is -2.32. The second-order valence-electron chi connectivity index (χ2n) is 7.26. The number of carbonyl (C=O) groups is 2. The number of carbonyl (C=O) groups excluding carboxylic acids is 2. The van der Waals surface area contributed by atoms with Crippen molar-refractivity contribution < 1.29 is 22.7 Å². The molecule has 0 bridgehead atoms. The van der Waals surface area contributed by atoms with Crippen LogP contribution in [0.25, 0.3) is 0 Å². The second-order valence-corrected chi connectivity index (χ2v) is 10.0. The van der Waals surface area contributed by atoms with Crippen molar-refractivity contribution in [1.29, 1.82) is 0 Å². The minimum atomic E-state index is -3.81. The maximum Gasteiger partial charge on any atom is 0.244 e. The van der Waals surface area contributed by atoms with Gasteiger partial charge in [0.15, 0.2) is 0 Å². The number of nitrogens with one attached hydrogen (secondary N) is 1. The zero-order valence-corrected chi connectivity index (χ0v) is 21.2. The Morgan fingerprint density at radius 3 is 2.24 bits per heavy atom. The van der Waals surface area contributed by atoms with E-state index in [0.29, 0.717) is 33.5 Å². The van der Waals surface area contributed by atoms with Gasteiger partial charge >= 0.3 is 0 Å². The summed E-state index contributed by atoms with van der Waals surface area (Å²) in [6.07, 6.45) is 1.33. The first-order chi connectivity index (χ1) is 15.5. The van der Waals surface area contributed by atoms with E-state index in [9.17, 15) is 18.0 Å². The van der Waals surface area contributed by atoms with Gasteiger partial charge in [-0.2, -0.15) is 0 Å². The summed E-state index contributed by atoms with van der Waals surface area (Å²) in [5, 5.41) is 3.32. The molecule has 0 spiro atoms. The fourth-order valence-electron chi connectivity index (χ4n) is 3.28. The van der Waals surface area contributed by atoms with E-state index in [2.05, 4.69) is 5.32 Å². The highest BCUT2D eigenvalue weighted by Crippen LogP contribution is 2.25. The fourth-order valence-corrected chi connectivity index (χ4v) is 4.60. The van der Waals surface area contributed by atoms with Crippen LogP contribution in [0.3, 0.4) is 0 Å². The first kappa shape index (κ1) is 26.8. The van der Waals surface area contributed by atoms with Crippen molar-refractivity contribution in [2.45, 2.75) is 25.9 Å². The Hall–Kier alpha value is -2.49. The first-order valence-electron chi connectivity index (χ1n) is 10.1. The highest BCUT2D eigenvalue weighted by Gasteiger charge is 2.31. The van der Waals surface area contributed by atoms with E-state index in [1.807, 2.05) is 0 Å². The minimum Gasteiger partial charge on any atom is -0.497 e. The van der Waals surface area contributed by atoms with Crippen LogP contribution in [0.2, 0.25) is 10.0 Å². The van der Waals surface area contributed by atoms with Crippen LogP contribution in [0.15, 0.2) is 42.5 Å². The molecule has 0 aromatic heterocycles. The molecule has 2 rings (SSSR count). The summed E-state index contributed by atoms with van der Waals surface area (Å²) in [5.41, 5.74) is 0.872. The Labute approximate surface area is 204 Å². The van der Waals surface area contributed by atoms with Crippen LogP contribution >= 0.6 is 23.2 Å². The van der Waals surface area contributed by atoms with Crippen molar-refractivity contribution in [3.8, 4) is 5.75 Å². The van der Waals surface area contributed by atoms with Gasteiger partial charge in [0.05, 0.1) is 19.1 Å². The molecule has 0 aliphatic heterocycles. The van der Waals surface area contributed by atoms with E-state index < -0.39 is 28.5 Å². The summed E-state index contributed by atoms with van der Waals surface area (Å²) in [7, 11) is -0.838. The molecule has 0 heterocycles. The zero-order chi connectivity index (χ0) is 24.8. The zero-order valence-electron chi connectivity index (χ0n) is 18.8. The average Bonchev–Trinajstić information content (AvgIpc) is 2.77. The number of sulfonamides is 1. The predicted octanol–water partition coefficient (Wildman–Crippen LogP) is 3.32. The molecule has 0 aliphatic rings. The SMILES string of the molecule is CCC(C(=O)NC)N(Cc1ccc(Cl)cc1Cl)C(=O)CN(c1ccc(OC)cc1)S(C)(=O)=O. The molecule has 2 aromatic rings. The quantitative estimate of drug-likeness (QED) is 0.523. The highest BCUT2D eigenvalue weighted by atomic mass is 35.5. The predicted molar refractivity (Wildman–Crippen MR) is 130 cm³/mol. The lowest BCUT2D eigenvalue weighted by Crippen LogP contribution is -2.51. The molecule has 0 aliphatic carbocycles. The van der Waals surface area contributed by atoms with Crippen molar-refractivity contribution in [2.75, 3.05) is 31.3 Å². The topological polar surface area (TPSA) is 96.0 Å². The van der Waals surface area contributed by atoms with Crippen LogP contribution in [0.4, 0.5) is 5.69 Å². The van der Waals surface area contributed by atoms with Crippen LogP contribution in [0.1, 0.15) is 18.9 Å². The van der Waals surface area contributed by atoms with Gasteiger partial charge in [-0.15, -0.1) is 0 Å². The maximum absolute atomic E-state index is 13.4. The van der Waals surface area contributed by atoms with E-state index in [1.54, 1.807) is 49.4 Å². The van der Waals surface area contributed by atoms with Crippen molar-refractivity contribution in [3.05, 3.63) is 58.1 Å². The molecule has 180 valence electrons. The normalized spacial score (nSPS) is 12.1. The molecular formula is C22H27Cl2N3O5S. The van der Waals surface area contributed by atoms with Gasteiger partial charge in [0.25, 0.3) is 0 Å². The molecular weight excluding hydrogens is 489 g/mol. The molecule has 0 saturated heterocycles. The molecule has 2 amide bonds. The molecule has 1 atom stereocenters. The van der Waals surface area contributed by atoms with E-state index in [4.69, 9.17) is 27.9 Å². The Kier molecular flexibility index (Phi) is 9.39. The molecule has 0 radical (unpaired) electrons. The van der Waals surface area contributed by atoms with Crippen molar-refractivity contribution in [2.24, 2.45) is 0 Å². The van der Waals surface area contributed by atoms with Gasteiger partial charge in [-0.05, 0) is 48.4 Å². The van der Waals surface area contributed by atoms with Crippen LogP contribution in [0.5, 0.6) is 5.75 Å². The average molecular weight is 516 g/mol. The molecule has 11 heteroatoms. The molecule has 1 N–H and O–H groups in total. The third-order valence-electron chi connectivity index (χ3n) is 5.03. The lowest BCUT2D eigenvalue weighted by molar-refractivity contribution is -0.140. The van der Waals surface area contributed by atoms with Crippen LogP contribution in [-0.4, -0.2) is 58.1 Å². The van der Waals surface area contributed by atoms with E-state index >= 15 is 0 Å². The third-order valence-corrected chi connectivity index (χ3v) is 6.76. The van der Waals surface area contributed by atoms with E-state index in [1.165, 1.54) is 19.1 Å². The van der Waals surface area contributed by atoms with Gasteiger partial charge in [-0.25, -0.2) is 8.42 Å². The largest absolute Gasteiger partial charge is 0.497 e. The Bertz CT molecular complexity index is 1090. The number of hydrogen-bond donors (Lipinski definition) is 1. The summed E-state index contributed by atoms with van der Waals surface area (Å²) >= 11 is 12.3. The Morgan fingerprint density at radius 2 is 1.76 bits per heavy atom. The van der Waals surface area contributed by atoms with Crippen LogP contribution in [0, 0.1) is 0 Å². The van der Waals surface area contributed by atoms with Crippen molar-refractivity contribution >= 4 is 50.7 Å². The number of anilines is 1. The van der Waals surface area contributed by atoms with Crippen molar-refractivity contribution in [3.63, 3.8) is 0 Å². The lowest BCUT2D eigenvalue weighted by atomic mass is 10.1. The number of methoxy groups -OCH3 is 1. The van der Waals surface area contributed by atoms with Gasteiger partial charge in [-0.1, -0.05) is 36.2 Å². The number of amides is 2. The number of halogens is 2. The fraction of sp³-hybridized carbons (Fsp3) is 0.364. The smallest absolute Gasteiger partial charge is 0.244 e. The highest BCUT2D eigenvalue weighted by molar-refractivity contribution is 7.92. The molecule has 0 saturated carbocycles. The van der Waals surface area contributed by atoms with Gasteiger partial charge in [0.2, 0.25) is 21.8 Å². The summed E-state index contributed by atoms with van der Waals surface area (Å²) in [4.78, 5) is 27.3. The molecule has 33 heavy (non-hydrogen) atoms. The molecule has 2 aromatic carbocycles. The summed E-state index contributed by atoms with van der Waals surface area (Å²) in [6, 6.07) is 10.3. The van der Waals surface area contributed by atoms with Gasteiger partial charge in [-0.3, -0.25) is 13.9 Å². The third kappa shape index (κ3) is 6.99. The molecule has 0 fully saturated rings. The van der Waals surface area contributed by atoms with E-state index in [-0.39, 0.29) is 12.5 Å². The maximum atomic E-state index is 13.4. The monoisotopic (exact) mass is 515 g/mol. The second kappa shape index (κ2) is 11.6. The van der Waals surface area contributed by atoms with Gasteiger partial charge < -0.3 is 15.0 Å². The summed E-state index contributed by atoms with van der Waals surface area (Å²) < 4.78 is 31.2. The van der Waals surface area contributed by atoms with Gasteiger partial charge in [0.1, 0.15) is 18.3 Å². The van der Waals surface area contributed by atoms with Gasteiger partial charge in [0, 0.05) is 23.6 Å². The number of likely N-dealkylation sites (N-methyl/N-ethyl adjacent to an activating group) is 1. The van der Waals surface area contributed by atoms with Crippen LogP contribution in [-0.2, 0) is 26.2 Å². The number of benzene rings is 2. The Morgan fingerprint density at radius 1 is 1.12 bits per heavy atom. The van der Waals surface area contributed by atoms with Crippen LogP contribution < -0.4 is 14.4 Å². The summed E-state index contributed by atoms with van der Waals surface area (Å²) in [5.74, 6) is -0.382. The first-order valence-corrected chi connectivity index (χ1v) is 12.7. The Balaban J connectivity index is 2.44. The van der Waals surface area contributed by atoms with Crippen molar-refractivity contribution in [1.82, 2.24) is 10.2 Å².